The molecule has 1 aromatic heterocycles. The summed E-state index contributed by atoms with van der Waals surface area (Å²) in [5.41, 5.74) is 3.93. The molecule has 1 saturated heterocycles. The lowest BCUT2D eigenvalue weighted by Crippen LogP contribution is -2.37. The number of esters is 1. The van der Waals surface area contributed by atoms with Crippen LogP contribution in [0.1, 0.15) is 46.8 Å². The number of rotatable bonds is 11. The molecule has 0 unspecified atom stereocenters. The van der Waals surface area contributed by atoms with E-state index in [0.717, 1.165) is 22.3 Å². The van der Waals surface area contributed by atoms with Crippen molar-refractivity contribution >= 4 is 17.8 Å². The topological polar surface area (TPSA) is 139 Å². The molecule has 4 atom stereocenters. The first kappa shape index (κ1) is 31.9. The van der Waals surface area contributed by atoms with Crippen molar-refractivity contribution in [1.82, 2.24) is 15.0 Å². The first-order valence-corrected chi connectivity index (χ1v) is 15.6. The fraction of sp³-hybridized carbons (Fsp3) is 0.333. The van der Waals surface area contributed by atoms with Crippen LogP contribution in [0.25, 0.3) is 6.08 Å². The van der Waals surface area contributed by atoms with E-state index in [4.69, 9.17) is 37.9 Å². The van der Waals surface area contributed by atoms with Gasteiger partial charge in [0.05, 0.1) is 53.2 Å². The Bertz CT molecular complexity index is 1930. The lowest BCUT2D eigenvalue weighted by Gasteiger charge is -2.39. The minimum Gasteiger partial charge on any atom is -0.493 e. The minimum atomic E-state index is -0.565. The molecular weight excluding hydrogens is 634 g/mol. The summed E-state index contributed by atoms with van der Waals surface area (Å²) < 4.78 is 47.6. The zero-order valence-corrected chi connectivity index (χ0v) is 27.6. The Labute approximate surface area is 282 Å². The summed E-state index contributed by atoms with van der Waals surface area (Å²) in [5.74, 6) is 1.97. The number of hydrogen-bond acceptors (Lipinski definition) is 12. The van der Waals surface area contributed by atoms with Crippen LogP contribution < -0.4 is 33.2 Å². The van der Waals surface area contributed by atoms with Crippen molar-refractivity contribution < 1.29 is 47.5 Å². The third-order valence-electron chi connectivity index (χ3n) is 9.11. The molecule has 3 heterocycles. The molecule has 0 radical (unpaired) electrons. The van der Waals surface area contributed by atoms with Crippen LogP contribution in [0.4, 0.5) is 0 Å². The van der Waals surface area contributed by atoms with Gasteiger partial charge >= 0.3 is 5.97 Å². The van der Waals surface area contributed by atoms with Gasteiger partial charge in [-0.2, -0.15) is 0 Å². The number of fused-ring (bicyclic) bond motifs is 3. The van der Waals surface area contributed by atoms with E-state index in [1.807, 2.05) is 36.5 Å². The van der Waals surface area contributed by atoms with Crippen molar-refractivity contribution in [3.05, 3.63) is 82.7 Å². The Balaban J connectivity index is 1.25. The van der Waals surface area contributed by atoms with E-state index < -0.39 is 17.9 Å². The maximum absolute atomic E-state index is 13.6. The van der Waals surface area contributed by atoms with E-state index >= 15 is 0 Å². The second-order valence-electron chi connectivity index (χ2n) is 11.9. The predicted octanol–water partition coefficient (Wildman–Crippen LogP) is 4.75. The van der Waals surface area contributed by atoms with Crippen LogP contribution in [0.2, 0.25) is 0 Å². The molecule has 4 aromatic rings. The molecule has 3 aromatic carbocycles. The van der Waals surface area contributed by atoms with E-state index in [0.29, 0.717) is 45.9 Å². The van der Waals surface area contributed by atoms with Crippen LogP contribution in [0.5, 0.6) is 40.2 Å². The highest BCUT2D eigenvalue weighted by molar-refractivity contribution is 5.91. The van der Waals surface area contributed by atoms with Crippen LogP contribution in [0.3, 0.4) is 0 Å². The fourth-order valence-corrected chi connectivity index (χ4v) is 6.94. The van der Waals surface area contributed by atoms with E-state index in [1.54, 1.807) is 51.3 Å². The normalized spacial score (nSPS) is 20.4. The van der Waals surface area contributed by atoms with Crippen LogP contribution in [0, 0.1) is 11.8 Å². The first-order chi connectivity index (χ1) is 23.8. The number of aromatic nitrogens is 3. The molecule has 1 aliphatic carbocycles. The highest BCUT2D eigenvalue weighted by Crippen LogP contribution is 2.56. The number of carbonyl (C=O) groups excluding carboxylic acids is 2. The standard InChI is InChI=1S/C36H35N3O10/c1-19(40)6-7-20-8-9-26(27(10-20)42-2)46-16-22-15-39(38-37-22)34-24-14-29-28(48-18-49-29)13-23(24)32(33-25(34)17-47-36(33)41)21-11-30(43-3)35(45-5)31(12-21)44-4/h6-15,25,32-34H,16-18H2,1-5H3/b7-6+/t25-,32+,33-,34+/m0/s1. The zero-order valence-electron chi connectivity index (χ0n) is 27.6. The average Bonchev–Trinajstić information content (AvgIpc) is 3.87. The third-order valence-corrected chi connectivity index (χ3v) is 9.11. The number of nitrogens with zero attached hydrogens (tertiary/aromatic N) is 3. The molecule has 49 heavy (non-hydrogen) atoms. The smallest absolute Gasteiger partial charge is 0.310 e. The number of carbonyl (C=O) groups is 2. The number of ketones is 1. The Kier molecular flexibility index (Phi) is 8.49. The first-order valence-electron chi connectivity index (χ1n) is 15.6. The molecule has 1 fully saturated rings. The second kappa shape index (κ2) is 13.1. The maximum atomic E-state index is 13.6. The molecule has 0 saturated carbocycles. The monoisotopic (exact) mass is 669 g/mol. The summed E-state index contributed by atoms with van der Waals surface area (Å²) in [5, 5.41) is 8.94. The van der Waals surface area contributed by atoms with Crippen molar-refractivity contribution in [3.63, 3.8) is 0 Å². The van der Waals surface area contributed by atoms with E-state index in [-0.39, 0.29) is 37.7 Å². The zero-order chi connectivity index (χ0) is 34.2. The van der Waals surface area contributed by atoms with Gasteiger partial charge < -0.3 is 37.9 Å². The van der Waals surface area contributed by atoms with Crippen molar-refractivity contribution in [2.75, 3.05) is 41.8 Å². The third kappa shape index (κ3) is 5.74. The summed E-state index contributed by atoms with van der Waals surface area (Å²) in [6.07, 6.45) is 5.02. The van der Waals surface area contributed by atoms with E-state index in [2.05, 4.69) is 10.3 Å². The molecule has 3 aliphatic rings. The summed E-state index contributed by atoms with van der Waals surface area (Å²) >= 11 is 0. The predicted molar refractivity (Wildman–Crippen MR) is 174 cm³/mol. The quantitative estimate of drug-likeness (QED) is 0.161. The van der Waals surface area contributed by atoms with Gasteiger partial charge in [0.15, 0.2) is 40.3 Å². The van der Waals surface area contributed by atoms with Gasteiger partial charge in [0.2, 0.25) is 12.5 Å². The molecule has 0 spiro atoms. The van der Waals surface area contributed by atoms with Gasteiger partial charge in [0.1, 0.15) is 12.3 Å². The Morgan fingerprint density at radius 1 is 0.898 bits per heavy atom. The molecule has 0 bridgehead atoms. The van der Waals surface area contributed by atoms with Gasteiger partial charge in [-0.3, -0.25) is 9.59 Å². The molecule has 2 aliphatic heterocycles. The van der Waals surface area contributed by atoms with Gasteiger partial charge in [-0.15, -0.1) is 5.10 Å². The lowest BCUT2D eigenvalue weighted by molar-refractivity contribution is -0.141. The van der Waals surface area contributed by atoms with Gasteiger partial charge in [0.25, 0.3) is 0 Å². The van der Waals surface area contributed by atoms with Crippen molar-refractivity contribution in [2.24, 2.45) is 11.8 Å². The number of methoxy groups -OCH3 is 4. The Morgan fingerprint density at radius 3 is 2.29 bits per heavy atom. The van der Waals surface area contributed by atoms with E-state index in [9.17, 15) is 9.59 Å². The van der Waals surface area contributed by atoms with Gasteiger partial charge in [-0.25, -0.2) is 4.68 Å². The van der Waals surface area contributed by atoms with Crippen LogP contribution in [-0.2, 0) is 20.9 Å². The number of cyclic esters (lactones) is 1. The highest BCUT2D eigenvalue weighted by Gasteiger charge is 2.53. The molecule has 13 nitrogen and oxygen atoms in total. The van der Waals surface area contributed by atoms with Crippen molar-refractivity contribution in [3.8, 4) is 40.2 Å². The minimum absolute atomic E-state index is 0.0511. The SMILES string of the molecule is COc1cc(/C=C/C(C)=O)ccc1OCc1cn([C@@H]2c3cc4c(cc3[C@@H](c3cc(OC)c(OC)c(OC)c3)[C@H]3C(=O)OC[C@@H]32)OCO4)nn1. The largest absolute Gasteiger partial charge is 0.493 e. The maximum Gasteiger partial charge on any atom is 0.310 e. The molecule has 13 heteroatoms. The van der Waals surface area contributed by atoms with Gasteiger partial charge in [-0.1, -0.05) is 17.4 Å². The van der Waals surface area contributed by atoms with Crippen LogP contribution in [-0.4, -0.2) is 68.6 Å². The van der Waals surface area contributed by atoms with E-state index in [1.165, 1.54) is 13.0 Å². The molecule has 0 N–H and O–H groups in total. The fourth-order valence-electron chi connectivity index (χ4n) is 6.94. The molecule has 254 valence electrons. The second-order valence-corrected chi connectivity index (χ2v) is 11.9. The Hall–Kier alpha value is -5.72. The Morgan fingerprint density at radius 2 is 1.61 bits per heavy atom. The number of hydrogen-bond donors (Lipinski definition) is 0. The lowest BCUT2D eigenvalue weighted by atomic mass is 9.65. The average molecular weight is 670 g/mol. The summed E-state index contributed by atoms with van der Waals surface area (Å²) in [7, 11) is 6.21. The van der Waals surface area contributed by atoms with Crippen molar-refractivity contribution in [1.29, 1.82) is 0 Å². The summed E-state index contributed by atoms with van der Waals surface area (Å²) in [6, 6.07) is 12.6. The van der Waals surface area contributed by atoms with Crippen LogP contribution >= 0.6 is 0 Å². The molecule has 0 amide bonds. The number of ether oxygens (including phenoxy) is 8. The number of allylic oxidation sites excluding steroid dienone is 1. The highest BCUT2D eigenvalue weighted by atomic mass is 16.7. The van der Waals surface area contributed by atoms with Gasteiger partial charge in [0, 0.05) is 11.8 Å². The van der Waals surface area contributed by atoms with Gasteiger partial charge in [-0.05, 0) is 71.7 Å². The molecular formula is C36H35N3O10. The summed E-state index contributed by atoms with van der Waals surface area (Å²) in [6.45, 7) is 1.88. The van der Waals surface area contributed by atoms with Crippen LogP contribution in [0.15, 0.2) is 54.7 Å². The number of benzene rings is 3. The van der Waals surface area contributed by atoms with Crippen molar-refractivity contribution in [2.45, 2.75) is 25.5 Å². The summed E-state index contributed by atoms with van der Waals surface area (Å²) in [4.78, 5) is 25.0. The molecule has 7 rings (SSSR count).